The lowest BCUT2D eigenvalue weighted by molar-refractivity contribution is -0.142. The fourth-order valence-corrected chi connectivity index (χ4v) is 4.51. The average molecular weight is 492 g/mol. The van der Waals surface area contributed by atoms with Gasteiger partial charge in [0.2, 0.25) is 0 Å². The lowest BCUT2D eigenvalue weighted by atomic mass is 9.86. The molecule has 3 rings (SSSR count). The standard InChI is InChI=1S/C20H36N4O2.HI/c1-21-20(22-11-5-9-17-7-3-2-4-8-17)24-14-12-23(13-15-24)19(25)18-10-6-16-26-18;/h17-18H,2-16H2,1H3,(H,21,22);1H. The molecular formula is C20H37IN4O2. The quantitative estimate of drug-likeness (QED) is 0.278. The molecule has 1 atom stereocenters. The zero-order chi connectivity index (χ0) is 18.2. The largest absolute Gasteiger partial charge is 0.368 e. The molecule has 1 amide bonds. The fourth-order valence-electron chi connectivity index (χ4n) is 4.51. The molecule has 3 aliphatic rings. The third-order valence-electron chi connectivity index (χ3n) is 6.10. The SMILES string of the molecule is CN=C(NCCCC1CCCCC1)N1CCN(C(=O)C2CCCO2)CC1.I. The molecule has 2 heterocycles. The summed E-state index contributed by atoms with van der Waals surface area (Å²) in [5, 5.41) is 3.53. The van der Waals surface area contributed by atoms with Crippen molar-refractivity contribution in [2.45, 2.75) is 63.9 Å². The van der Waals surface area contributed by atoms with Gasteiger partial charge < -0.3 is 19.9 Å². The molecule has 1 N–H and O–H groups in total. The van der Waals surface area contributed by atoms with Gasteiger partial charge >= 0.3 is 0 Å². The highest BCUT2D eigenvalue weighted by atomic mass is 127. The molecule has 0 spiro atoms. The first kappa shape index (κ1) is 22.7. The average Bonchev–Trinajstić information content (AvgIpc) is 3.23. The Morgan fingerprint density at radius 1 is 1.04 bits per heavy atom. The monoisotopic (exact) mass is 492 g/mol. The zero-order valence-electron chi connectivity index (χ0n) is 16.8. The van der Waals surface area contributed by atoms with Crippen molar-refractivity contribution >= 4 is 35.8 Å². The number of carbonyl (C=O) groups is 1. The van der Waals surface area contributed by atoms with Crippen LogP contribution in [-0.2, 0) is 9.53 Å². The highest BCUT2D eigenvalue weighted by Crippen LogP contribution is 2.27. The predicted molar refractivity (Wildman–Crippen MR) is 120 cm³/mol. The molecule has 0 bridgehead atoms. The molecule has 3 fully saturated rings. The molecule has 0 aromatic rings. The Morgan fingerprint density at radius 2 is 1.74 bits per heavy atom. The summed E-state index contributed by atoms with van der Waals surface area (Å²) in [6.45, 7) is 4.95. The fraction of sp³-hybridized carbons (Fsp3) is 0.900. The van der Waals surface area contributed by atoms with Crippen LogP contribution >= 0.6 is 24.0 Å². The maximum Gasteiger partial charge on any atom is 0.251 e. The van der Waals surface area contributed by atoms with Crippen molar-refractivity contribution in [3.8, 4) is 0 Å². The molecule has 156 valence electrons. The molecule has 1 aliphatic carbocycles. The number of aliphatic imine (C=N–C) groups is 1. The van der Waals surface area contributed by atoms with Crippen LogP contribution < -0.4 is 5.32 Å². The van der Waals surface area contributed by atoms with Gasteiger partial charge in [-0.2, -0.15) is 0 Å². The second-order valence-corrected chi connectivity index (χ2v) is 7.93. The van der Waals surface area contributed by atoms with E-state index in [2.05, 4.69) is 15.2 Å². The molecule has 2 saturated heterocycles. The molecule has 0 radical (unpaired) electrons. The highest BCUT2D eigenvalue weighted by molar-refractivity contribution is 14.0. The number of amides is 1. The van der Waals surface area contributed by atoms with Crippen molar-refractivity contribution in [1.29, 1.82) is 0 Å². The van der Waals surface area contributed by atoms with Crippen LogP contribution in [0.2, 0.25) is 0 Å². The first-order valence-corrected chi connectivity index (χ1v) is 10.6. The van der Waals surface area contributed by atoms with Gasteiger partial charge in [-0.05, 0) is 31.6 Å². The number of hydrogen-bond acceptors (Lipinski definition) is 3. The number of hydrogen-bond donors (Lipinski definition) is 1. The number of piperazine rings is 1. The van der Waals surface area contributed by atoms with Gasteiger partial charge in [0.05, 0.1) is 0 Å². The Morgan fingerprint density at radius 3 is 2.37 bits per heavy atom. The first-order chi connectivity index (χ1) is 12.8. The normalized spacial score (nSPS) is 24.6. The van der Waals surface area contributed by atoms with Crippen LogP contribution in [0.4, 0.5) is 0 Å². The number of rotatable bonds is 5. The van der Waals surface area contributed by atoms with E-state index in [0.717, 1.165) is 64.0 Å². The number of nitrogens with zero attached hydrogens (tertiary/aromatic N) is 3. The second-order valence-electron chi connectivity index (χ2n) is 7.93. The first-order valence-electron chi connectivity index (χ1n) is 10.6. The van der Waals surface area contributed by atoms with E-state index in [-0.39, 0.29) is 36.0 Å². The minimum Gasteiger partial charge on any atom is -0.368 e. The van der Waals surface area contributed by atoms with Gasteiger partial charge in [-0.3, -0.25) is 9.79 Å². The van der Waals surface area contributed by atoms with E-state index in [9.17, 15) is 4.79 Å². The van der Waals surface area contributed by atoms with Gasteiger partial charge in [0, 0.05) is 46.4 Å². The summed E-state index contributed by atoms with van der Waals surface area (Å²) in [6, 6.07) is 0. The second kappa shape index (κ2) is 12.1. The topological polar surface area (TPSA) is 57.2 Å². The predicted octanol–water partition coefficient (Wildman–Crippen LogP) is 2.86. The molecule has 2 aliphatic heterocycles. The third kappa shape index (κ3) is 6.76. The van der Waals surface area contributed by atoms with Gasteiger partial charge in [0.15, 0.2) is 5.96 Å². The summed E-state index contributed by atoms with van der Waals surface area (Å²) < 4.78 is 5.54. The van der Waals surface area contributed by atoms with Crippen LogP contribution in [-0.4, -0.2) is 74.1 Å². The van der Waals surface area contributed by atoms with E-state index in [0.29, 0.717) is 0 Å². The van der Waals surface area contributed by atoms with Gasteiger partial charge in [0.1, 0.15) is 6.10 Å². The summed E-state index contributed by atoms with van der Waals surface area (Å²) in [7, 11) is 1.85. The lowest BCUT2D eigenvalue weighted by Crippen LogP contribution is -2.55. The van der Waals surface area contributed by atoms with Gasteiger partial charge in [-0.15, -0.1) is 24.0 Å². The summed E-state index contributed by atoms with van der Waals surface area (Å²) >= 11 is 0. The minimum absolute atomic E-state index is 0. The van der Waals surface area contributed by atoms with E-state index < -0.39 is 0 Å². The van der Waals surface area contributed by atoms with E-state index in [1.165, 1.54) is 44.9 Å². The van der Waals surface area contributed by atoms with Crippen LogP contribution in [0, 0.1) is 5.92 Å². The summed E-state index contributed by atoms with van der Waals surface area (Å²) in [4.78, 5) is 21.1. The summed E-state index contributed by atoms with van der Waals surface area (Å²) in [5.41, 5.74) is 0. The molecule has 1 saturated carbocycles. The number of carbonyl (C=O) groups excluding carboxylic acids is 1. The Hall–Kier alpha value is -0.570. The molecule has 6 nitrogen and oxygen atoms in total. The van der Waals surface area contributed by atoms with Crippen molar-refractivity contribution in [1.82, 2.24) is 15.1 Å². The summed E-state index contributed by atoms with van der Waals surface area (Å²) in [5.74, 6) is 2.11. The Bertz CT molecular complexity index is 469. The van der Waals surface area contributed by atoms with E-state index >= 15 is 0 Å². The lowest BCUT2D eigenvalue weighted by Gasteiger charge is -2.37. The van der Waals surface area contributed by atoms with Gasteiger partial charge in [0.25, 0.3) is 5.91 Å². The molecule has 0 aromatic heterocycles. The Labute approximate surface area is 181 Å². The van der Waals surface area contributed by atoms with Crippen LogP contribution in [0.1, 0.15) is 57.8 Å². The molecule has 27 heavy (non-hydrogen) atoms. The third-order valence-corrected chi connectivity index (χ3v) is 6.10. The number of ether oxygens (including phenoxy) is 1. The number of halogens is 1. The smallest absolute Gasteiger partial charge is 0.251 e. The van der Waals surface area contributed by atoms with Gasteiger partial charge in [-0.1, -0.05) is 32.1 Å². The van der Waals surface area contributed by atoms with Crippen LogP contribution in [0.5, 0.6) is 0 Å². The van der Waals surface area contributed by atoms with Crippen molar-refractivity contribution in [2.75, 3.05) is 46.4 Å². The van der Waals surface area contributed by atoms with Crippen molar-refractivity contribution in [2.24, 2.45) is 10.9 Å². The zero-order valence-corrected chi connectivity index (χ0v) is 19.2. The number of nitrogens with one attached hydrogen (secondary N) is 1. The molecule has 0 aromatic carbocycles. The van der Waals surface area contributed by atoms with E-state index in [1.807, 2.05) is 11.9 Å². The van der Waals surface area contributed by atoms with Gasteiger partial charge in [-0.25, -0.2) is 0 Å². The Balaban J connectivity index is 0.00000261. The van der Waals surface area contributed by atoms with E-state index in [1.54, 1.807) is 0 Å². The molecule has 1 unspecified atom stereocenters. The van der Waals surface area contributed by atoms with Crippen molar-refractivity contribution in [3.63, 3.8) is 0 Å². The Kier molecular flexibility index (Phi) is 10.2. The maximum atomic E-state index is 12.4. The maximum absolute atomic E-state index is 12.4. The van der Waals surface area contributed by atoms with Crippen molar-refractivity contribution < 1.29 is 9.53 Å². The van der Waals surface area contributed by atoms with Crippen LogP contribution in [0.3, 0.4) is 0 Å². The highest BCUT2D eigenvalue weighted by Gasteiger charge is 2.30. The summed E-state index contributed by atoms with van der Waals surface area (Å²) in [6.07, 6.45) is 11.4. The van der Waals surface area contributed by atoms with Crippen LogP contribution in [0.25, 0.3) is 0 Å². The molecular weight excluding hydrogens is 455 g/mol. The van der Waals surface area contributed by atoms with Crippen LogP contribution in [0.15, 0.2) is 4.99 Å². The van der Waals surface area contributed by atoms with Crippen molar-refractivity contribution in [3.05, 3.63) is 0 Å². The minimum atomic E-state index is -0.196. The molecule has 7 heteroatoms. The number of guanidine groups is 1. The van der Waals surface area contributed by atoms with E-state index in [4.69, 9.17) is 4.74 Å².